The van der Waals surface area contributed by atoms with Crippen molar-refractivity contribution in [3.05, 3.63) is 66.2 Å². The van der Waals surface area contributed by atoms with Gasteiger partial charge in [-0.05, 0) is 38.0 Å². The number of nitrogens with one attached hydrogen (secondary N) is 1. The van der Waals surface area contributed by atoms with Gasteiger partial charge in [0.2, 0.25) is 0 Å². The summed E-state index contributed by atoms with van der Waals surface area (Å²) in [6.45, 7) is 3.73. The zero-order chi connectivity index (χ0) is 19.5. The third kappa shape index (κ3) is 9.47. The molecule has 0 aliphatic carbocycles. The zero-order valence-corrected chi connectivity index (χ0v) is 16.6. The first kappa shape index (κ1) is 21.3. The number of ether oxygens (including phenoxy) is 2. The van der Waals surface area contributed by atoms with E-state index >= 15 is 0 Å². The van der Waals surface area contributed by atoms with Gasteiger partial charge in [-0.15, -0.1) is 11.8 Å². The van der Waals surface area contributed by atoms with Gasteiger partial charge in [0.05, 0.1) is 6.61 Å². The number of carbonyl (C=O) groups is 1. The van der Waals surface area contributed by atoms with Crippen LogP contribution in [-0.4, -0.2) is 35.4 Å². The van der Waals surface area contributed by atoms with Crippen LogP contribution < -0.4 is 5.32 Å². The van der Waals surface area contributed by atoms with Gasteiger partial charge in [-0.3, -0.25) is 0 Å². The molecule has 0 aliphatic heterocycles. The second-order valence-electron chi connectivity index (χ2n) is 6.61. The van der Waals surface area contributed by atoms with E-state index in [0.717, 1.165) is 10.5 Å². The smallest absolute Gasteiger partial charge is 0.407 e. The van der Waals surface area contributed by atoms with Crippen LogP contribution in [0.1, 0.15) is 25.8 Å². The summed E-state index contributed by atoms with van der Waals surface area (Å²) >= 11 is 1.65. The van der Waals surface area contributed by atoms with E-state index in [1.807, 2.05) is 60.7 Å². The molecule has 0 saturated carbocycles. The number of thioether (sulfide) groups is 1. The van der Waals surface area contributed by atoms with E-state index in [4.69, 9.17) is 9.47 Å². The van der Waals surface area contributed by atoms with Crippen molar-refractivity contribution < 1.29 is 19.4 Å². The third-order valence-electron chi connectivity index (χ3n) is 3.65. The highest BCUT2D eigenvalue weighted by Crippen LogP contribution is 2.19. The fraction of sp³-hybridized carbons (Fsp3) is 0.381. The summed E-state index contributed by atoms with van der Waals surface area (Å²) in [4.78, 5) is 13.3. The summed E-state index contributed by atoms with van der Waals surface area (Å²) in [6.07, 6.45) is 0.116. The topological polar surface area (TPSA) is 67.8 Å². The van der Waals surface area contributed by atoms with Crippen molar-refractivity contribution >= 4 is 17.9 Å². The quantitative estimate of drug-likeness (QED) is 0.471. The molecule has 0 fully saturated rings. The molecular formula is C21H27NO4S. The van der Waals surface area contributed by atoms with Gasteiger partial charge in [-0.1, -0.05) is 48.5 Å². The third-order valence-corrected chi connectivity index (χ3v) is 4.83. The number of aliphatic hydroxyl groups is 1. The van der Waals surface area contributed by atoms with Crippen molar-refractivity contribution in [3.63, 3.8) is 0 Å². The summed E-state index contributed by atoms with van der Waals surface area (Å²) < 4.78 is 10.7. The van der Waals surface area contributed by atoms with Gasteiger partial charge in [0.25, 0.3) is 0 Å². The predicted octanol–water partition coefficient (Wildman–Crippen LogP) is 4.21. The Bertz CT molecular complexity index is 674. The van der Waals surface area contributed by atoms with Gasteiger partial charge < -0.3 is 19.9 Å². The molecule has 0 radical (unpaired) electrons. The Kier molecular flexibility index (Phi) is 8.64. The van der Waals surface area contributed by atoms with Crippen LogP contribution in [0.3, 0.4) is 0 Å². The Balaban J connectivity index is 1.84. The average molecular weight is 390 g/mol. The van der Waals surface area contributed by atoms with Crippen molar-refractivity contribution in [2.75, 3.05) is 12.4 Å². The minimum atomic E-state index is -1.19. The number of carbonyl (C=O) groups excluding carboxylic acids is 1. The molecule has 0 aliphatic rings. The highest BCUT2D eigenvalue weighted by Gasteiger charge is 2.17. The van der Waals surface area contributed by atoms with Crippen LogP contribution in [0.4, 0.5) is 4.79 Å². The minimum absolute atomic E-state index is 0.138. The van der Waals surface area contributed by atoms with Gasteiger partial charge >= 0.3 is 6.09 Å². The molecule has 2 rings (SSSR count). The number of benzene rings is 2. The zero-order valence-electron chi connectivity index (χ0n) is 15.8. The maximum atomic E-state index is 12.2. The molecule has 0 heterocycles. The lowest BCUT2D eigenvalue weighted by Crippen LogP contribution is -2.38. The Hall–Kier alpha value is -2.02. The van der Waals surface area contributed by atoms with Crippen LogP contribution in [0.25, 0.3) is 0 Å². The lowest BCUT2D eigenvalue weighted by atomic mass is 10.2. The summed E-state index contributed by atoms with van der Waals surface area (Å²) in [7, 11) is 0. The molecule has 0 aromatic heterocycles. The monoisotopic (exact) mass is 389 g/mol. The van der Waals surface area contributed by atoms with Crippen molar-refractivity contribution in [3.8, 4) is 0 Å². The molecule has 2 aromatic carbocycles. The number of alkyl carbamates (subject to hydrolysis) is 1. The first-order chi connectivity index (χ1) is 12.9. The van der Waals surface area contributed by atoms with Crippen LogP contribution in [0.5, 0.6) is 0 Å². The Labute approximate surface area is 165 Å². The standard InChI is InChI=1S/C21H27NO4S/c1-21(2,24)26-14-13-18(16-27-19-11-7-4-8-12-19)22-20(23)25-15-17-9-5-3-6-10-17/h3-12,18,24H,13-16H2,1-2H3,(H,22,23)/t18-/m1/s1. The van der Waals surface area contributed by atoms with E-state index in [9.17, 15) is 9.90 Å². The fourth-order valence-electron chi connectivity index (χ4n) is 2.29. The number of hydrogen-bond acceptors (Lipinski definition) is 5. The summed E-state index contributed by atoms with van der Waals surface area (Å²) in [6, 6.07) is 19.4. The van der Waals surface area contributed by atoms with E-state index < -0.39 is 11.9 Å². The molecule has 0 bridgehead atoms. The van der Waals surface area contributed by atoms with E-state index in [-0.39, 0.29) is 12.6 Å². The maximum Gasteiger partial charge on any atom is 0.407 e. The molecule has 2 N–H and O–H groups in total. The van der Waals surface area contributed by atoms with Crippen molar-refractivity contribution in [1.29, 1.82) is 0 Å². The van der Waals surface area contributed by atoms with Crippen LogP contribution in [0, 0.1) is 0 Å². The lowest BCUT2D eigenvalue weighted by Gasteiger charge is -2.22. The highest BCUT2D eigenvalue weighted by molar-refractivity contribution is 7.99. The maximum absolute atomic E-state index is 12.2. The largest absolute Gasteiger partial charge is 0.445 e. The Morgan fingerprint density at radius 3 is 2.37 bits per heavy atom. The molecule has 27 heavy (non-hydrogen) atoms. The highest BCUT2D eigenvalue weighted by atomic mass is 32.2. The Morgan fingerprint density at radius 1 is 1.11 bits per heavy atom. The normalized spacial score (nSPS) is 12.4. The molecule has 0 saturated heterocycles. The molecule has 6 heteroatoms. The fourth-order valence-corrected chi connectivity index (χ4v) is 3.29. The second kappa shape index (κ2) is 11.0. The summed E-state index contributed by atoms with van der Waals surface area (Å²) in [5, 5.41) is 12.6. The van der Waals surface area contributed by atoms with Crippen LogP contribution >= 0.6 is 11.8 Å². The first-order valence-electron chi connectivity index (χ1n) is 8.94. The summed E-state index contributed by atoms with van der Waals surface area (Å²) in [5.74, 6) is -0.509. The first-order valence-corrected chi connectivity index (χ1v) is 9.92. The number of amides is 1. The summed E-state index contributed by atoms with van der Waals surface area (Å²) in [5.41, 5.74) is 0.938. The van der Waals surface area contributed by atoms with Crippen LogP contribution in [-0.2, 0) is 16.1 Å². The van der Waals surface area contributed by atoms with E-state index in [2.05, 4.69) is 5.32 Å². The van der Waals surface area contributed by atoms with Crippen LogP contribution in [0.15, 0.2) is 65.6 Å². The molecule has 2 aromatic rings. The molecule has 1 amide bonds. The number of rotatable bonds is 10. The molecule has 0 spiro atoms. The predicted molar refractivity (Wildman–Crippen MR) is 108 cm³/mol. The van der Waals surface area contributed by atoms with E-state index in [1.165, 1.54) is 0 Å². The van der Waals surface area contributed by atoms with E-state index in [1.54, 1.807) is 25.6 Å². The molecule has 146 valence electrons. The van der Waals surface area contributed by atoms with Crippen LogP contribution in [0.2, 0.25) is 0 Å². The Morgan fingerprint density at radius 2 is 1.74 bits per heavy atom. The van der Waals surface area contributed by atoms with Crippen molar-refractivity contribution in [2.45, 2.75) is 43.6 Å². The molecule has 1 atom stereocenters. The average Bonchev–Trinajstić information content (AvgIpc) is 2.65. The van der Waals surface area contributed by atoms with Gasteiger partial charge in [0.15, 0.2) is 5.79 Å². The lowest BCUT2D eigenvalue weighted by molar-refractivity contribution is -0.176. The van der Waals surface area contributed by atoms with Gasteiger partial charge in [-0.25, -0.2) is 4.79 Å². The van der Waals surface area contributed by atoms with Crippen molar-refractivity contribution in [2.24, 2.45) is 0 Å². The van der Waals surface area contributed by atoms with E-state index in [0.29, 0.717) is 18.8 Å². The van der Waals surface area contributed by atoms with Gasteiger partial charge in [-0.2, -0.15) is 0 Å². The van der Waals surface area contributed by atoms with Crippen molar-refractivity contribution in [1.82, 2.24) is 5.32 Å². The molecular weight excluding hydrogens is 362 g/mol. The van der Waals surface area contributed by atoms with Gasteiger partial charge in [0, 0.05) is 16.7 Å². The van der Waals surface area contributed by atoms with Gasteiger partial charge in [0.1, 0.15) is 6.61 Å². The molecule has 0 unspecified atom stereocenters. The number of hydrogen-bond donors (Lipinski definition) is 2. The minimum Gasteiger partial charge on any atom is -0.445 e. The molecule has 5 nitrogen and oxygen atoms in total. The SMILES string of the molecule is CC(C)(O)OCC[C@H](CSc1ccccc1)NC(=O)OCc1ccccc1. The second-order valence-corrected chi connectivity index (χ2v) is 7.70.